The van der Waals surface area contributed by atoms with Crippen LogP contribution in [0, 0.1) is 5.82 Å². The molecule has 112 valence electrons. The van der Waals surface area contributed by atoms with Crippen molar-refractivity contribution in [1.29, 1.82) is 0 Å². The Kier molecular flexibility index (Phi) is 6.13. The van der Waals surface area contributed by atoms with Gasteiger partial charge in [-0.05, 0) is 35.7 Å². The molecule has 0 aliphatic heterocycles. The van der Waals surface area contributed by atoms with Crippen LogP contribution in [0.3, 0.4) is 0 Å². The minimum Gasteiger partial charge on any atom is -0.205 e. The molecule has 21 heavy (non-hydrogen) atoms. The zero-order valence-corrected chi connectivity index (χ0v) is 15.7. The fraction of sp³-hybridized carbons (Fsp3) is 0.250. The number of halogens is 5. The van der Waals surface area contributed by atoms with Gasteiger partial charge in [-0.3, -0.25) is 0 Å². The molecule has 0 aromatic heterocycles. The molecule has 0 radical (unpaired) electrons. The van der Waals surface area contributed by atoms with E-state index in [2.05, 4.69) is 31.9 Å². The van der Waals surface area contributed by atoms with Crippen molar-refractivity contribution in [2.75, 3.05) is 10.7 Å². The SMILES string of the molecule is Fc1cccc(CC(CBr)(CBr)c2ccc(Cl)cc2)c1Cl. The van der Waals surface area contributed by atoms with Crippen LogP contribution in [-0.4, -0.2) is 10.7 Å². The quantitative estimate of drug-likeness (QED) is 0.458. The van der Waals surface area contributed by atoms with Crippen LogP contribution in [0.15, 0.2) is 42.5 Å². The van der Waals surface area contributed by atoms with E-state index in [-0.39, 0.29) is 16.3 Å². The highest BCUT2D eigenvalue weighted by atomic mass is 79.9. The van der Waals surface area contributed by atoms with Gasteiger partial charge in [0.1, 0.15) is 5.82 Å². The molecule has 0 amide bonds. The first-order valence-electron chi connectivity index (χ1n) is 6.33. The van der Waals surface area contributed by atoms with Crippen molar-refractivity contribution >= 4 is 55.1 Å². The zero-order chi connectivity index (χ0) is 15.5. The summed E-state index contributed by atoms with van der Waals surface area (Å²) < 4.78 is 13.6. The molecule has 2 rings (SSSR count). The molecule has 2 aromatic rings. The van der Waals surface area contributed by atoms with Crippen LogP contribution in [0.25, 0.3) is 0 Å². The fourth-order valence-electron chi connectivity index (χ4n) is 2.24. The number of hydrogen-bond acceptors (Lipinski definition) is 0. The van der Waals surface area contributed by atoms with Gasteiger partial charge in [-0.15, -0.1) is 0 Å². The number of alkyl halides is 2. The van der Waals surface area contributed by atoms with E-state index in [4.69, 9.17) is 23.2 Å². The average molecular weight is 455 g/mol. The van der Waals surface area contributed by atoms with E-state index in [0.29, 0.717) is 11.4 Å². The van der Waals surface area contributed by atoms with E-state index in [1.807, 2.05) is 30.3 Å². The first kappa shape index (κ1) is 17.3. The first-order valence-corrected chi connectivity index (χ1v) is 9.33. The van der Waals surface area contributed by atoms with Crippen molar-refractivity contribution in [3.05, 3.63) is 69.5 Å². The molecule has 0 saturated carbocycles. The third-order valence-electron chi connectivity index (χ3n) is 3.53. The van der Waals surface area contributed by atoms with Crippen LogP contribution in [-0.2, 0) is 11.8 Å². The second-order valence-corrected chi connectivity index (χ2v) is 6.88. The highest BCUT2D eigenvalue weighted by molar-refractivity contribution is 9.09. The zero-order valence-electron chi connectivity index (χ0n) is 11.1. The summed E-state index contributed by atoms with van der Waals surface area (Å²) in [4.78, 5) is 0. The molecule has 0 aliphatic carbocycles. The summed E-state index contributed by atoms with van der Waals surface area (Å²) in [6.45, 7) is 0. The van der Waals surface area contributed by atoms with Gasteiger partial charge in [0.2, 0.25) is 0 Å². The molecule has 5 heteroatoms. The molecule has 0 spiro atoms. The summed E-state index contributed by atoms with van der Waals surface area (Å²) in [5, 5.41) is 2.33. The van der Waals surface area contributed by atoms with Crippen LogP contribution >= 0.6 is 55.1 Å². The van der Waals surface area contributed by atoms with Crippen LogP contribution < -0.4 is 0 Å². The van der Waals surface area contributed by atoms with Crippen LogP contribution in [0.4, 0.5) is 4.39 Å². The molecule has 0 unspecified atom stereocenters. The Morgan fingerprint density at radius 3 is 2.14 bits per heavy atom. The van der Waals surface area contributed by atoms with E-state index in [1.165, 1.54) is 6.07 Å². The Hall–Kier alpha value is -0.0900. The van der Waals surface area contributed by atoms with E-state index in [1.54, 1.807) is 6.07 Å². The number of hydrogen-bond donors (Lipinski definition) is 0. The van der Waals surface area contributed by atoms with Gasteiger partial charge < -0.3 is 0 Å². The van der Waals surface area contributed by atoms with Gasteiger partial charge in [0.15, 0.2) is 0 Å². The maximum absolute atomic E-state index is 13.6. The Balaban J connectivity index is 2.43. The van der Waals surface area contributed by atoms with Crippen molar-refractivity contribution in [3.63, 3.8) is 0 Å². The van der Waals surface area contributed by atoms with E-state index >= 15 is 0 Å². The molecule has 0 bridgehead atoms. The summed E-state index contributed by atoms with van der Waals surface area (Å²) in [5.41, 5.74) is 1.70. The predicted molar refractivity (Wildman–Crippen MR) is 95.8 cm³/mol. The Bertz CT molecular complexity index is 610. The fourth-order valence-corrected chi connectivity index (χ4v) is 4.53. The van der Waals surface area contributed by atoms with Crippen molar-refractivity contribution < 1.29 is 4.39 Å². The summed E-state index contributed by atoms with van der Waals surface area (Å²) >= 11 is 19.2. The Morgan fingerprint density at radius 2 is 1.57 bits per heavy atom. The van der Waals surface area contributed by atoms with E-state index in [0.717, 1.165) is 21.8 Å². The van der Waals surface area contributed by atoms with Crippen molar-refractivity contribution in [1.82, 2.24) is 0 Å². The normalized spacial score (nSPS) is 11.7. The molecule has 0 saturated heterocycles. The third-order valence-corrected chi connectivity index (χ3v) is 6.35. The van der Waals surface area contributed by atoms with Crippen LogP contribution in [0.5, 0.6) is 0 Å². The molecule has 0 atom stereocenters. The van der Waals surface area contributed by atoms with Crippen LogP contribution in [0.2, 0.25) is 10.0 Å². The number of benzene rings is 2. The molecular formula is C16H13Br2Cl2F. The minimum absolute atomic E-state index is 0.192. The summed E-state index contributed by atoms with van der Waals surface area (Å²) in [7, 11) is 0. The van der Waals surface area contributed by atoms with Gasteiger partial charge in [-0.25, -0.2) is 4.39 Å². The summed E-state index contributed by atoms with van der Waals surface area (Å²) in [5.74, 6) is -0.386. The van der Waals surface area contributed by atoms with Gasteiger partial charge >= 0.3 is 0 Å². The van der Waals surface area contributed by atoms with Crippen LogP contribution in [0.1, 0.15) is 11.1 Å². The lowest BCUT2D eigenvalue weighted by atomic mass is 9.79. The molecule has 2 aromatic carbocycles. The second kappa shape index (κ2) is 7.45. The van der Waals surface area contributed by atoms with Gasteiger partial charge in [0, 0.05) is 21.1 Å². The second-order valence-electron chi connectivity index (χ2n) is 4.94. The molecule has 0 heterocycles. The minimum atomic E-state index is -0.386. The highest BCUT2D eigenvalue weighted by Gasteiger charge is 2.31. The summed E-state index contributed by atoms with van der Waals surface area (Å²) in [6.07, 6.45) is 0.627. The average Bonchev–Trinajstić information content (AvgIpc) is 2.50. The van der Waals surface area contributed by atoms with E-state index < -0.39 is 0 Å². The van der Waals surface area contributed by atoms with E-state index in [9.17, 15) is 4.39 Å². The largest absolute Gasteiger partial charge is 0.205 e. The molecular weight excluding hydrogens is 442 g/mol. The van der Waals surface area contributed by atoms with Gasteiger partial charge in [-0.2, -0.15) is 0 Å². The first-order chi connectivity index (χ1) is 10.0. The van der Waals surface area contributed by atoms with Crippen molar-refractivity contribution in [2.24, 2.45) is 0 Å². The summed E-state index contributed by atoms with van der Waals surface area (Å²) in [6, 6.07) is 12.6. The van der Waals surface area contributed by atoms with Gasteiger partial charge in [0.05, 0.1) is 5.02 Å². The molecule has 0 aliphatic rings. The lowest BCUT2D eigenvalue weighted by Gasteiger charge is -2.31. The van der Waals surface area contributed by atoms with Crippen molar-refractivity contribution in [2.45, 2.75) is 11.8 Å². The molecule has 0 N–H and O–H groups in total. The Labute approximate surface area is 150 Å². The monoisotopic (exact) mass is 452 g/mol. The maximum atomic E-state index is 13.6. The topological polar surface area (TPSA) is 0 Å². The smallest absolute Gasteiger partial charge is 0.142 e. The third kappa shape index (κ3) is 3.82. The van der Waals surface area contributed by atoms with Gasteiger partial charge in [-0.1, -0.05) is 79.3 Å². The predicted octanol–water partition coefficient (Wildman–Crippen LogP) is 6.40. The maximum Gasteiger partial charge on any atom is 0.142 e. The number of rotatable bonds is 5. The van der Waals surface area contributed by atoms with Crippen molar-refractivity contribution in [3.8, 4) is 0 Å². The lowest BCUT2D eigenvalue weighted by molar-refractivity contribution is 0.547. The lowest BCUT2D eigenvalue weighted by Crippen LogP contribution is -2.33. The standard InChI is InChI=1S/C16H13Br2Cl2F/c17-9-16(10-18,12-4-6-13(19)7-5-12)8-11-2-1-3-14(21)15(11)20/h1-7H,8-10H2. The molecule has 0 fully saturated rings. The highest BCUT2D eigenvalue weighted by Crippen LogP contribution is 2.35. The Morgan fingerprint density at radius 1 is 0.952 bits per heavy atom. The molecule has 0 nitrogen and oxygen atoms in total. The van der Waals surface area contributed by atoms with Gasteiger partial charge in [0.25, 0.3) is 0 Å².